The Morgan fingerprint density at radius 3 is 2.86 bits per heavy atom. The molecule has 0 aromatic heterocycles. The van der Waals surface area contributed by atoms with Crippen LogP contribution in [0, 0.1) is 5.92 Å². The molecule has 4 rings (SSSR count). The van der Waals surface area contributed by atoms with Crippen LogP contribution < -0.4 is 21.0 Å². The van der Waals surface area contributed by atoms with E-state index in [9.17, 15) is 4.79 Å². The van der Waals surface area contributed by atoms with Gasteiger partial charge >= 0.3 is 0 Å². The lowest BCUT2D eigenvalue weighted by Crippen LogP contribution is -2.44. The number of hydrogen-bond donors (Lipinski definition) is 3. The summed E-state index contributed by atoms with van der Waals surface area (Å²) < 4.78 is 5.83. The van der Waals surface area contributed by atoms with E-state index in [0.717, 1.165) is 29.7 Å². The van der Waals surface area contributed by atoms with Crippen LogP contribution in [0.3, 0.4) is 0 Å². The summed E-state index contributed by atoms with van der Waals surface area (Å²) >= 11 is 0. The van der Waals surface area contributed by atoms with Crippen LogP contribution in [-0.2, 0) is 11.4 Å². The lowest BCUT2D eigenvalue weighted by atomic mass is 9.81. The highest BCUT2D eigenvalue weighted by Gasteiger charge is 2.40. The van der Waals surface area contributed by atoms with Crippen molar-refractivity contribution in [3.63, 3.8) is 0 Å². The molecule has 1 aliphatic heterocycles. The minimum atomic E-state index is -0.219. The fourth-order valence-electron chi connectivity index (χ4n) is 3.97. The molecule has 6 nitrogen and oxygen atoms in total. The summed E-state index contributed by atoms with van der Waals surface area (Å²) in [5.41, 5.74) is 11.0. The molecule has 0 bridgehead atoms. The molecule has 2 fully saturated rings. The summed E-state index contributed by atoms with van der Waals surface area (Å²) in [5, 5.41) is 4.14. The van der Waals surface area contributed by atoms with E-state index in [0.29, 0.717) is 18.6 Å². The fraction of sp³-hybridized carbons (Fsp3) is 0.364. The van der Waals surface area contributed by atoms with Gasteiger partial charge in [-0.1, -0.05) is 55.3 Å². The van der Waals surface area contributed by atoms with Gasteiger partial charge in [-0.2, -0.15) is 5.10 Å². The zero-order valence-electron chi connectivity index (χ0n) is 15.8. The van der Waals surface area contributed by atoms with E-state index in [1.807, 2.05) is 54.6 Å². The summed E-state index contributed by atoms with van der Waals surface area (Å²) in [5.74, 6) is 1.03. The van der Waals surface area contributed by atoms with Crippen LogP contribution in [0.15, 0.2) is 59.7 Å². The number of rotatable bonds is 6. The highest BCUT2D eigenvalue weighted by Crippen LogP contribution is 2.30. The van der Waals surface area contributed by atoms with Gasteiger partial charge in [0.15, 0.2) is 0 Å². The smallest absolute Gasteiger partial charge is 0.258 e. The molecule has 1 saturated carbocycles. The summed E-state index contributed by atoms with van der Waals surface area (Å²) in [7, 11) is 0. The molecule has 0 spiro atoms. The Morgan fingerprint density at radius 1 is 1.11 bits per heavy atom. The molecule has 3 unspecified atom stereocenters. The SMILES string of the molecule is O=C(N/N=C\c1cccc(OCc2ccccc2)c1)C1NNC2CCCCC21. The first-order chi connectivity index (χ1) is 13.8. The number of benzene rings is 2. The molecular weight excluding hydrogens is 352 g/mol. The molecule has 1 heterocycles. The van der Waals surface area contributed by atoms with Crippen molar-refractivity contribution in [1.29, 1.82) is 0 Å². The topological polar surface area (TPSA) is 74.8 Å². The van der Waals surface area contributed by atoms with Crippen molar-refractivity contribution >= 4 is 12.1 Å². The normalized spacial score (nSPS) is 24.1. The van der Waals surface area contributed by atoms with E-state index in [1.165, 1.54) is 12.8 Å². The van der Waals surface area contributed by atoms with Crippen molar-refractivity contribution in [1.82, 2.24) is 16.3 Å². The van der Waals surface area contributed by atoms with Crippen molar-refractivity contribution in [3.05, 3.63) is 65.7 Å². The van der Waals surface area contributed by atoms with Crippen molar-refractivity contribution in [2.45, 2.75) is 44.4 Å². The molecule has 3 N–H and O–H groups in total. The zero-order valence-corrected chi connectivity index (χ0v) is 15.8. The molecule has 3 atom stereocenters. The first kappa shape index (κ1) is 18.7. The number of fused-ring (bicyclic) bond motifs is 1. The number of hydrazine groups is 1. The number of carbonyl (C=O) groups excluding carboxylic acids is 1. The van der Waals surface area contributed by atoms with Crippen LogP contribution in [0.4, 0.5) is 0 Å². The van der Waals surface area contributed by atoms with Crippen LogP contribution in [0.5, 0.6) is 5.75 Å². The van der Waals surface area contributed by atoms with Crippen LogP contribution in [0.1, 0.15) is 36.8 Å². The molecule has 1 amide bonds. The minimum Gasteiger partial charge on any atom is -0.489 e. The van der Waals surface area contributed by atoms with Gasteiger partial charge in [0.25, 0.3) is 5.91 Å². The number of nitrogens with one attached hydrogen (secondary N) is 3. The van der Waals surface area contributed by atoms with Crippen LogP contribution in [-0.4, -0.2) is 24.2 Å². The van der Waals surface area contributed by atoms with Gasteiger partial charge in [0.2, 0.25) is 0 Å². The summed E-state index contributed by atoms with van der Waals surface area (Å²) in [4.78, 5) is 12.5. The monoisotopic (exact) mass is 378 g/mol. The Labute approximate surface area is 165 Å². The average molecular weight is 378 g/mol. The van der Waals surface area contributed by atoms with Gasteiger partial charge in [-0.3, -0.25) is 10.2 Å². The van der Waals surface area contributed by atoms with E-state index in [-0.39, 0.29) is 11.9 Å². The number of hydrazone groups is 1. The average Bonchev–Trinajstić information content (AvgIpc) is 3.18. The second-order valence-electron chi connectivity index (χ2n) is 7.40. The van der Waals surface area contributed by atoms with Crippen LogP contribution in [0.25, 0.3) is 0 Å². The zero-order chi connectivity index (χ0) is 19.2. The van der Waals surface area contributed by atoms with Crippen molar-refractivity contribution in [2.75, 3.05) is 0 Å². The molecule has 28 heavy (non-hydrogen) atoms. The van der Waals surface area contributed by atoms with E-state index in [1.54, 1.807) is 6.21 Å². The van der Waals surface area contributed by atoms with Crippen molar-refractivity contribution in [2.24, 2.45) is 11.0 Å². The maximum Gasteiger partial charge on any atom is 0.258 e. The Balaban J connectivity index is 1.30. The minimum absolute atomic E-state index is 0.0883. The number of hydrogen-bond acceptors (Lipinski definition) is 5. The third-order valence-electron chi connectivity index (χ3n) is 5.45. The third-order valence-corrected chi connectivity index (χ3v) is 5.45. The number of nitrogens with zero attached hydrogens (tertiary/aromatic N) is 1. The third kappa shape index (κ3) is 4.58. The van der Waals surface area contributed by atoms with Gasteiger partial charge < -0.3 is 4.74 Å². The van der Waals surface area contributed by atoms with Gasteiger partial charge in [0.05, 0.1) is 6.21 Å². The Hall–Kier alpha value is -2.70. The van der Waals surface area contributed by atoms with E-state index in [4.69, 9.17) is 4.74 Å². The van der Waals surface area contributed by atoms with Gasteiger partial charge in [-0.15, -0.1) is 0 Å². The Bertz CT molecular complexity index is 824. The summed E-state index contributed by atoms with van der Waals surface area (Å²) in [6.07, 6.45) is 6.26. The Kier molecular flexibility index (Phi) is 5.99. The van der Waals surface area contributed by atoms with E-state index in [2.05, 4.69) is 21.4 Å². The van der Waals surface area contributed by atoms with Gasteiger partial charge in [-0.25, -0.2) is 10.9 Å². The van der Waals surface area contributed by atoms with Crippen LogP contribution in [0.2, 0.25) is 0 Å². The number of carbonyl (C=O) groups is 1. The molecule has 2 aromatic rings. The predicted octanol–water partition coefficient (Wildman–Crippen LogP) is 2.75. The molecule has 0 radical (unpaired) electrons. The molecule has 1 aliphatic carbocycles. The highest BCUT2D eigenvalue weighted by molar-refractivity contribution is 5.85. The van der Waals surface area contributed by atoms with E-state index < -0.39 is 0 Å². The molecular formula is C22H26N4O2. The van der Waals surface area contributed by atoms with Gasteiger partial charge in [-0.05, 0) is 36.1 Å². The molecule has 146 valence electrons. The quantitative estimate of drug-likeness (QED) is 0.534. The van der Waals surface area contributed by atoms with Crippen LogP contribution >= 0.6 is 0 Å². The molecule has 1 saturated heterocycles. The maximum absolute atomic E-state index is 12.5. The highest BCUT2D eigenvalue weighted by atomic mass is 16.5. The largest absolute Gasteiger partial charge is 0.489 e. The predicted molar refractivity (Wildman–Crippen MR) is 109 cm³/mol. The van der Waals surface area contributed by atoms with Gasteiger partial charge in [0.1, 0.15) is 18.4 Å². The second kappa shape index (κ2) is 8.99. The lowest BCUT2D eigenvalue weighted by Gasteiger charge is -2.26. The number of amides is 1. The number of ether oxygens (including phenoxy) is 1. The molecule has 2 aliphatic rings. The summed E-state index contributed by atoms with van der Waals surface area (Å²) in [6, 6.07) is 17.9. The van der Waals surface area contributed by atoms with Gasteiger partial charge in [0, 0.05) is 12.0 Å². The van der Waals surface area contributed by atoms with E-state index >= 15 is 0 Å². The van der Waals surface area contributed by atoms with Crippen molar-refractivity contribution in [3.8, 4) is 5.75 Å². The second-order valence-corrected chi connectivity index (χ2v) is 7.40. The molecule has 2 aromatic carbocycles. The lowest BCUT2D eigenvalue weighted by molar-refractivity contribution is -0.123. The summed E-state index contributed by atoms with van der Waals surface area (Å²) in [6.45, 7) is 0.515. The Morgan fingerprint density at radius 2 is 1.96 bits per heavy atom. The van der Waals surface area contributed by atoms with Crippen molar-refractivity contribution < 1.29 is 9.53 Å². The first-order valence-corrected chi connectivity index (χ1v) is 9.90. The standard InChI is InChI=1S/C22H26N4O2/c27-22(21-19-11-4-5-12-20(19)24-25-21)26-23-14-17-9-6-10-18(13-17)28-15-16-7-2-1-3-8-16/h1-3,6-10,13-14,19-21,24-25H,4-5,11-12,15H2,(H,26,27)/b23-14-. The first-order valence-electron chi connectivity index (χ1n) is 9.90. The fourth-order valence-corrected chi connectivity index (χ4v) is 3.97. The maximum atomic E-state index is 12.5. The molecule has 6 heteroatoms.